The van der Waals surface area contributed by atoms with Gasteiger partial charge >= 0.3 is 0 Å². The Kier molecular flexibility index (Phi) is 5.83. The van der Waals surface area contributed by atoms with E-state index in [-0.39, 0.29) is 0 Å². The van der Waals surface area contributed by atoms with Crippen LogP contribution in [0, 0.1) is 13.8 Å². The van der Waals surface area contributed by atoms with Gasteiger partial charge in [0.1, 0.15) is 17.7 Å². The molecule has 1 aromatic carbocycles. The van der Waals surface area contributed by atoms with Gasteiger partial charge in [-0.1, -0.05) is 17.7 Å². The van der Waals surface area contributed by atoms with Crippen LogP contribution in [-0.2, 0) is 20.1 Å². The van der Waals surface area contributed by atoms with Crippen LogP contribution < -0.4 is 0 Å². The average molecular weight is 439 g/mol. The summed E-state index contributed by atoms with van der Waals surface area (Å²) >= 11 is 6.24. The summed E-state index contributed by atoms with van der Waals surface area (Å²) in [5.74, 6) is 0.894. The highest BCUT2D eigenvalue weighted by Crippen LogP contribution is 2.31. The maximum atomic E-state index is 11.3. The lowest BCUT2D eigenvalue weighted by molar-refractivity contribution is 0.0162. The predicted octanol–water partition coefficient (Wildman–Crippen LogP) is 4.24. The zero-order chi connectivity index (χ0) is 22.3. The van der Waals surface area contributed by atoms with Crippen LogP contribution in [0.2, 0.25) is 5.02 Å². The van der Waals surface area contributed by atoms with Crippen LogP contribution in [-0.4, -0.2) is 41.4 Å². The molecule has 3 heterocycles. The van der Waals surface area contributed by atoms with Gasteiger partial charge < -0.3 is 9.67 Å². The van der Waals surface area contributed by atoms with Gasteiger partial charge in [-0.2, -0.15) is 5.10 Å². The minimum atomic E-state index is -0.834. The minimum Gasteiger partial charge on any atom is -0.374 e. The van der Waals surface area contributed by atoms with E-state index in [1.165, 1.54) is 0 Å². The van der Waals surface area contributed by atoms with Crippen molar-refractivity contribution in [2.75, 3.05) is 7.05 Å². The number of hydrogen-bond donors (Lipinski definition) is 1. The second-order valence-electron chi connectivity index (χ2n) is 7.90. The Balaban J connectivity index is 1.76. The van der Waals surface area contributed by atoms with Gasteiger partial charge in [-0.15, -0.1) is 0 Å². The summed E-state index contributed by atoms with van der Waals surface area (Å²) < 4.78 is 3.91. The number of halogens is 1. The Morgan fingerprint density at radius 3 is 2.58 bits per heavy atom. The standard InChI is InChI=1S/C23H27ClN6O/c1-6-30-14(2)16(11-25-30)12-29(5)23(31)19-10-21(22-13-28(4)15(3)26-22)27-20-9-17(24)7-8-18(19)20/h7-11,13,23,31H,6,12H2,1-5H3. The number of aryl methyl sites for hydroxylation is 3. The van der Waals surface area contributed by atoms with Gasteiger partial charge in [0.15, 0.2) is 0 Å². The molecular formula is C23H27ClN6O. The molecule has 7 nitrogen and oxygen atoms in total. The summed E-state index contributed by atoms with van der Waals surface area (Å²) in [6.45, 7) is 7.46. The first-order chi connectivity index (χ1) is 14.8. The van der Waals surface area contributed by atoms with Crippen LogP contribution in [0.5, 0.6) is 0 Å². The number of hydrogen-bond acceptors (Lipinski definition) is 5. The van der Waals surface area contributed by atoms with Crippen LogP contribution in [0.15, 0.2) is 36.7 Å². The van der Waals surface area contributed by atoms with Gasteiger partial charge in [-0.3, -0.25) is 9.58 Å². The fourth-order valence-corrected chi connectivity index (χ4v) is 3.97. The highest BCUT2D eigenvalue weighted by molar-refractivity contribution is 6.31. The Morgan fingerprint density at radius 1 is 1.16 bits per heavy atom. The molecule has 3 aromatic heterocycles. The molecule has 4 aromatic rings. The second-order valence-corrected chi connectivity index (χ2v) is 8.34. The molecule has 1 unspecified atom stereocenters. The van der Waals surface area contributed by atoms with Crippen molar-refractivity contribution in [1.29, 1.82) is 0 Å². The molecule has 4 rings (SSSR count). The van der Waals surface area contributed by atoms with Crippen molar-refractivity contribution in [3.05, 3.63) is 64.3 Å². The van der Waals surface area contributed by atoms with E-state index in [9.17, 15) is 5.11 Å². The third-order valence-corrected chi connectivity index (χ3v) is 6.03. The maximum absolute atomic E-state index is 11.3. The van der Waals surface area contributed by atoms with Crippen molar-refractivity contribution in [2.24, 2.45) is 7.05 Å². The molecule has 0 saturated heterocycles. The highest BCUT2D eigenvalue weighted by Gasteiger charge is 2.21. The van der Waals surface area contributed by atoms with Crippen molar-refractivity contribution >= 4 is 22.5 Å². The van der Waals surface area contributed by atoms with Crippen LogP contribution in [0.1, 0.15) is 35.8 Å². The smallest absolute Gasteiger partial charge is 0.134 e. The molecule has 1 atom stereocenters. The molecule has 0 bridgehead atoms. The highest BCUT2D eigenvalue weighted by atomic mass is 35.5. The summed E-state index contributed by atoms with van der Waals surface area (Å²) in [4.78, 5) is 11.3. The van der Waals surface area contributed by atoms with Crippen molar-refractivity contribution in [2.45, 2.75) is 40.1 Å². The van der Waals surface area contributed by atoms with Crippen LogP contribution in [0.25, 0.3) is 22.3 Å². The Bertz CT molecular complexity index is 1230. The third kappa shape index (κ3) is 4.08. The molecule has 31 heavy (non-hydrogen) atoms. The van der Waals surface area contributed by atoms with E-state index >= 15 is 0 Å². The summed E-state index contributed by atoms with van der Waals surface area (Å²) in [5.41, 5.74) is 5.16. The largest absolute Gasteiger partial charge is 0.374 e. The molecule has 1 N–H and O–H groups in total. The predicted molar refractivity (Wildman–Crippen MR) is 123 cm³/mol. The lowest BCUT2D eigenvalue weighted by atomic mass is 10.0. The number of aliphatic hydroxyl groups excluding tert-OH is 1. The van der Waals surface area contributed by atoms with E-state index in [2.05, 4.69) is 23.9 Å². The quantitative estimate of drug-likeness (QED) is 0.456. The van der Waals surface area contributed by atoms with Gasteiger partial charge in [0, 0.05) is 53.6 Å². The van der Waals surface area contributed by atoms with Crippen LogP contribution in [0.4, 0.5) is 0 Å². The SMILES string of the molecule is CCn1ncc(CN(C)C(O)c2cc(-c3cn(C)c(C)n3)nc3cc(Cl)ccc23)c1C. The summed E-state index contributed by atoms with van der Waals surface area (Å²) in [5, 5.41) is 17.2. The zero-order valence-corrected chi connectivity index (χ0v) is 19.2. The topological polar surface area (TPSA) is 72.0 Å². The Morgan fingerprint density at radius 2 is 1.94 bits per heavy atom. The Labute approximate surface area is 186 Å². The van der Waals surface area contributed by atoms with Crippen LogP contribution in [0.3, 0.4) is 0 Å². The molecule has 8 heteroatoms. The van der Waals surface area contributed by atoms with Crippen molar-refractivity contribution < 1.29 is 5.11 Å². The lowest BCUT2D eigenvalue weighted by Gasteiger charge is -2.25. The molecule has 0 amide bonds. The van der Waals surface area contributed by atoms with E-state index < -0.39 is 6.23 Å². The fraction of sp³-hybridized carbons (Fsp3) is 0.348. The van der Waals surface area contributed by atoms with Crippen molar-refractivity contribution in [3.63, 3.8) is 0 Å². The van der Waals surface area contributed by atoms with Gasteiger partial charge in [0.25, 0.3) is 0 Å². The molecule has 0 aliphatic heterocycles. The van der Waals surface area contributed by atoms with E-state index in [0.717, 1.165) is 45.8 Å². The second kappa shape index (κ2) is 8.42. The van der Waals surface area contributed by atoms with Gasteiger partial charge in [-0.25, -0.2) is 9.97 Å². The lowest BCUT2D eigenvalue weighted by Crippen LogP contribution is -2.24. The molecular weight excluding hydrogens is 412 g/mol. The van der Waals surface area contributed by atoms with E-state index in [1.807, 2.05) is 71.8 Å². The molecule has 0 spiro atoms. The van der Waals surface area contributed by atoms with Gasteiger partial charge in [-0.05, 0) is 46.0 Å². The van der Waals surface area contributed by atoms with E-state index in [0.29, 0.717) is 17.3 Å². The Hall–Kier alpha value is -2.74. The molecule has 0 fully saturated rings. The summed E-state index contributed by atoms with van der Waals surface area (Å²) in [7, 11) is 3.85. The number of nitrogens with zero attached hydrogens (tertiary/aromatic N) is 6. The van der Waals surface area contributed by atoms with E-state index in [1.54, 1.807) is 0 Å². The monoisotopic (exact) mass is 438 g/mol. The van der Waals surface area contributed by atoms with Crippen molar-refractivity contribution in [1.82, 2.24) is 29.2 Å². The maximum Gasteiger partial charge on any atom is 0.134 e. The zero-order valence-electron chi connectivity index (χ0n) is 18.5. The first-order valence-electron chi connectivity index (χ1n) is 10.3. The molecule has 0 aliphatic carbocycles. The number of rotatable bonds is 6. The van der Waals surface area contributed by atoms with E-state index in [4.69, 9.17) is 16.6 Å². The number of pyridine rings is 1. The number of aromatic nitrogens is 5. The molecule has 0 radical (unpaired) electrons. The van der Waals surface area contributed by atoms with Crippen molar-refractivity contribution in [3.8, 4) is 11.4 Å². The number of aliphatic hydroxyl groups is 1. The number of fused-ring (bicyclic) bond motifs is 1. The minimum absolute atomic E-state index is 0.572. The summed E-state index contributed by atoms with van der Waals surface area (Å²) in [6.07, 6.45) is 2.98. The molecule has 0 aliphatic rings. The first kappa shape index (κ1) is 21.5. The first-order valence-corrected chi connectivity index (χ1v) is 10.7. The number of benzene rings is 1. The average Bonchev–Trinajstić information content (AvgIpc) is 3.27. The molecule has 162 valence electrons. The van der Waals surface area contributed by atoms with Gasteiger partial charge in [0.05, 0.1) is 17.4 Å². The summed E-state index contributed by atoms with van der Waals surface area (Å²) in [6, 6.07) is 7.47. The third-order valence-electron chi connectivity index (χ3n) is 5.79. The normalized spacial score (nSPS) is 12.8. The molecule has 0 saturated carbocycles. The fourth-order valence-electron chi connectivity index (χ4n) is 3.81. The number of imidazole rings is 1. The van der Waals surface area contributed by atoms with Gasteiger partial charge in [0.2, 0.25) is 0 Å². The van der Waals surface area contributed by atoms with Crippen LogP contribution >= 0.6 is 11.6 Å².